The van der Waals surface area contributed by atoms with Crippen molar-refractivity contribution >= 4 is 22.7 Å². The number of benzene rings is 2. The van der Waals surface area contributed by atoms with Gasteiger partial charge in [0.15, 0.2) is 0 Å². The molecule has 0 saturated carbocycles. The molecule has 0 spiro atoms. The molecule has 0 aliphatic carbocycles. The molecule has 0 saturated heterocycles. The fourth-order valence-electron chi connectivity index (χ4n) is 3.07. The maximum atomic E-state index is 14.3. The molecule has 1 aromatic heterocycles. The normalized spacial score (nSPS) is 16.8. The molecule has 1 unspecified atom stereocenters. The van der Waals surface area contributed by atoms with Gasteiger partial charge in [0.1, 0.15) is 11.6 Å². The van der Waals surface area contributed by atoms with Crippen molar-refractivity contribution in [1.82, 2.24) is 9.55 Å². The molecule has 1 aliphatic rings. The predicted octanol–water partition coefficient (Wildman–Crippen LogP) is 3.46. The molecule has 1 aliphatic heterocycles. The van der Waals surface area contributed by atoms with Crippen LogP contribution in [-0.2, 0) is 11.3 Å². The summed E-state index contributed by atoms with van der Waals surface area (Å²) in [5, 5.41) is 0.796. The van der Waals surface area contributed by atoms with Crippen LogP contribution in [0.15, 0.2) is 46.2 Å². The number of ether oxygens (including phenoxy) is 1. The van der Waals surface area contributed by atoms with E-state index in [2.05, 4.69) is 4.98 Å². The molecule has 0 amide bonds. The van der Waals surface area contributed by atoms with Gasteiger partial charge < -0.3 is 4.74 Å². The van der Waals surface area contributed by atoms with Gasteiger partial charge in [-0.25, -0.2) is 18.6 Å². The van der Waals surface area contributed by atoms with Crippen LogP contribution in [-0.4, -0.2) is 28.5 Å². The van der Waals surface area contributed by atoms with Crippen molar-refractivity contribution in [1.29, 1.82) is 0 Å². The van der Waals surface area contributed by atoms with Crippen LogP contribution in [0.3, 0.4) is 0 Å². The van der Waals surface area contributed by atoms with E-state index in [1.165, 1.54) is 30.1 Å². The molecule has 0 radical (unpaired) electrons. The highest BCUT2D eigenvalue weighted by molar-refractivity contribution is 7.99. The summed E-state index contributed by atoms with van der Waals surface area (Å²) >= 11 is 1.50. The molecule has 1 atom stereocenters. The van der Waals surface area contributed by atoms with E-state index in [9.17, 15) is 13.6 Å². The Morgan fingerprint density at radius 3 is 2.80 bits per heavy atom. The summed E-state index contributed by atoms with van der Waals surface area (Å²) in [7, 11) is 1.60. The first-order chi connectivity index (χ1) is 12.1. The summed E-state index contributed by atoms with van der Waals surface area (Å²) in [5.41, 5.74) is 1.28. The van der Waals surface area contributed by atoms with E-state index in [0.717, 1.165) is 16.3 Å². The van der Waals surface area contributed by atoms with E-state index in [-0.39, 0.29) is 11.8 Å². The van der Waals surface area contributed by atoms with Gasteiger partial charge in [-0.2, -0.15) is 0 Å². The lowest BCUT2D eigenvalue weighted by Gasteiger charge is -2.14. The van der Waals surface area contributed by atoms with Crippen LogP contribution in [0.2, 0.25) is 0 Å². The number of hydrogen-bond donors (Lipinski definition) is 0. The smallest absolute Gasteiger partial charge is 0.348 e. The van der Waals surface area contributed by atoms with Crippen molar-refractivity contribution < 1.29 is 13.5 Å². The van der Waals surface area contributed by atoms with E-state index in [4.69, 9.17) is 4.74 Å². The molecule has 2 aromatic carbocycles. The number of aromatic nitrogens is 2. The second kappa shape index (κ2) is 6.24. The molecule has 4 nitrogen and oxygen atoms in total. The molecule has 0 bridgehead atoms. The largest absolute Gasteiger partial charge is 0.379 e. The van der Waals surface area contributed by atoms with Gasteiger partial charge >= 0.3 is 5.69 Å². The lowest BCUT2D eigenvalue weighted by Crippen LogP contribution is -2.29. The molecular weight excluding hydrogens is 346 g/mol. The first-order valence-corrected chi connectivity index (χ1v) is 8.70. The molecule has 4 rings (SSSR count). The number of thioether (sulfide) groups is 1. The maximum Gasteiger partial charge on any atom is 0.348 e. The second-order valence-electron chi connectivity index (χ2n) is 5.82. The van der Waals surface area contributed by atoms with Crippen LogP contribution in [0.4, 0.5) is 8.78 Å². The third kappa shape index (κ3) is 2.73. The minimum atomic E-state index is -0.633. The van der Waals surface area contributed by atoms with Gasteiger partial charge in [0, 0.05) is 46.5 Å². The van der Waals surface area contributed by atoms with Crippen molar-refractivity contribution in [2.24, 2.45) is 0 Å². The van der Waals surface area contributed by atoms with Crippen molar-refractivity contribution in [3.63, 3.8) is 0 Å². The van der Waals surface area contributed by atoms with Gasteiger partial charge in [-0.05, 0) is 12.1 Å². The second-order valence-corrected chi connectivity index (χ2v) is 6.85. The average molecular weight is 360 g/mol. The standard InChI is InChI=1S/C18H14F2N2O2S/c1-24-12-8-22-16-10(7-21-18(22)23)2-4-14(17(16)25-9-12)13-5-3-11(19)6-15(13)20/h2-7,12H,8-9H2,1H3. The molecular formula is C18H14F2N2O2S. The van der Waals surface area contributed by atoms with Crippen LogP contribution in [0.5, 0.6) is 0 Å². The Morgan fingerprint density at radius 1 is 1.24 bits per heavy atom. The van der Waals surface area contributed by atoms with Crippen molar-refractivity contribution in [2.75, 3.05) is 12.9 Å². The van der Waals surface area contributed by atoms with Crippen molar-refractivity contribution in [3.05, 3.63) is 58.6 Å². The number of hydrogen-bond acceptors (Lipinski definition) is 4. The van der Waals surface area contributed by atoms with Gasteiger partial charge in [-0.1, -0.05) is 12.1 Å². The molecule has 0 N–H and O–H groups in total. The summed E-state index contributed by atoms with van der Waals surface area (Å²) in [6, 6.07) is 7.10. The first kappa shape index (κ1) is 16.2. The Morgan fingerprint density at radius 2 is 2.04 bits per heavy atom. The quantitative estimate of drug-likeness (QED) is 0.702. The Hall–Kier alpha value is -2.25. The number of nitrogens with zero attached hydrogens (tertiary/aromatic N) is 2. The molecule has 2 heterocycles. The summed E-state index contributed by atoms with van der Waals surface area (Å²) < 4.78 is 34.6. The summed E-state index contributed by atoms with van der Waals surface area (Å²) in [4.78, 5) is 17.0. The molecule has 7 heteroatoms. The van der Waals surface area contributed by atoms with Crippen molar-refractivity contribution in [2.45, 2.75) is 17.5 Å². The maximum absolute atomic E-state index is 14.3. The summed E-state index contributed by atoms with van der Waals surface area (Å²) in [5.74, 6) is -0.639. The van der Waals surface area contributed by atoms with Crippen LogP contribution < -0.4 is 5.69 Å². The van der Waals surface area contributed by atoms with E-state index in [1.807, 2.05) is 0 Å². The molecule has 128 valence electrons. The number of rotatable bonds is 2. The third-order valence-electron chi connectivity index (χ3n) is 4.33. The van der Waals surface area contributed by atoms with E-state index in [0.29, 0.717) is 28.9 Å². The van der Waals surface area contributed by atoms with Crippen LogP contribution >= 0.6 is 11.8 Å². The minimum Gasteiger partial charge on any atom is -0.379 e. The highest BCUT2D eigenvalue weighted by Gasteiger charge is 2.23. The van der Waals surface area contributed by atoms with Crippen LogP contribution in [0, 0.1) is 11.6 Å². The average Bonchev–Trinajstić information content (AvgIpc) is 2.80. The summed E-state index contributed by atoms with van der Waals surface area (Å²) in [6.07, 6.45) is 1.37. The topological polar surface area (TPSA) is 44.1 Å². The fourth-order valence-corrected chi connectivity index (χ4v) is 4.36. The van der Waals surface area contributed by atoms with Crippen LogP contribution in [0.1, 0.15) is 0 Å². The zero-order valence-corrected chi connectivity index (χ0v) is 14.1. The fraction of sp³-hybridized carbons (Fsp3) is 0.222. The Balaban J connectivity index is 2.04. The highest BCUT2D eigenvalue weighted by Crippen LogP contribution is 2.40. The number of methoxy groups -OCH3 is 1. The van der Waals surface area contributed by atoms with Gasteiger partial charge in [-0.3, -0.25) is 4.57 Å². The Bertz CT molecular complexity index is 1040. The highest BCUT2D eigenvalue weighted by atomic mass is 32.2. The van der Waals surface area contributed by atoms with Gasteiger partial charge in [0.2, 0.25) is 0 Å². The van der Waals surface area contributed by atoms with E-state index in [1.54, 1.807) is 23.8 Å². The molecule has 3 aromatic rings. The minimum absolute atomic E-state index is 0.159. The number of halogens is 2. The monoisotopic (exact) mass is 360 g/mol. The zero-order chi connectivity index (χ0) is 17.6. The van der Waals surface area contributed by atoms with E-state index >= 15 is 0 Å². The van der Waals surface area contributed by atoms with Gasteiger partial charge in [0.25, 0.3) is 0 Å². The van der Waals surface area contributed by atoms with Crippen LogP contribution in [0.25, 0.3) is 22.0 Å². The van der Waals surface area contributed by atoms with Crippen molar-refractivity contribution in [3.8, 4) is 11.1 Å². The first-order valence-electron chi connectivity index (χ1n) is 7.72. The van der Waals surface area contributed by atoms with Gasteiger partial charge in [-0.15, -0.1) is 11.8 Å². The lowest BCUT2D eigenvalue weighted by atomic mass is 10.0. The Kier molecular flexibility index (Phi) is 4.05. The van der Waals surface area contributed by atoms with Gasteiger partial charge in [0.05, 0.1) is 18.2 Å². The summed E-state index contributed by atoms with van der Waals surface area (Å²) in [6.45, 7) is 0.384. The molecule has 25 heavy (non-hydrogen) atoms. The zero-order valence-electron chi connectivity index (χ0n) is 13.3. The SMILES string of the molecule is COC1CSc2c(-c3ccc(F)cc3F)ccc3cnc(=O)n(c23)C1. The lowest BCUT2D eigenvalue weighted by molar-refractivity contribution is 0.107. The Labute approximate surface area is 146 Å². The molecule has 0 fully saturated rings. The van der Waals surface area contributed by atoms with E-state index < -0.39 is 11.6 Å². The third-order valence-corrected chi connectivity index (χ3v) is 5.57. The predicted molar refractivity (Wildman–Crippen MR) is 92.9 cm³/mol.